The average molecular weight is 652 g/mol. The molecule has 0 radical (unpaired) electrons. The van der Waals surface area contributed by atoms with E-state index in [1.54, 1.807) is 0 Å². The van der Waals surface area contributed by atoms with Crippen LogP contribution in [0, 0.1) is 20.8 Å². The number of hydrogen-bond donors (Lipinski definition) is 0. The maximum Gasteiger partial charge on any atom is 0.151 e. The summed E-state index contributed by atoms with van der Waals surface area (Å²) in [7, 11) is 0. The second-order valence-corrected chi connectivity index (χ2v) is 12.8. The predicted molar refractivity (Wildman–Crippen MR) is 207 cm³/mol. The lowest BCUT2D eigenvalue weighted by Gasteiger charge is -2.32. The standard InChI is InChI=1S/C33H27NO.C14H14O/c1-24-10-12-25(13-11-24)22-26-14-16-27(17-15-26)23-28-18-20-29(21-19-28)34-30-6-2-4-8-32(30)35-33-9-5-3-7-31(33)34;1-11-7-3-5-9-13(11)15-14-10-6-4-8-12(14)2/h2-21H,22-23H2,1H3;3-10H,1-2H3. The molecule has 3 nitrogen and oxygen atoms in total. The topological polar surface area (TPSA) is 21.7 Å². The Kier molecular flexibility index (Phi) is 9.75. The first-order valence-corrected chi connectivity index (χ1v) is 17.2. The number of aryl methyl sites for hydroxylation is 3. The van der Waals surface area contributed by atoms with Crippen molar-refractivity contribution in [2.45, 2.75) is 33.6 Å². The zero-order valence-electron chi connectivity index (χ0n) is 28.8. The second-order valence-electron chi connectivity index (χ2n) is 12.8. The highest BCUT2D eigenvalue weighted by Crippen LogP contribution is 2.50. The molecule has 246 valence electrons. The minimum atomic E-state index is 0.876. The third kappa shape index (κ3) is 7.64. The Morgan fingerprint density at radius 1 is 0.420 bits per heavy atom. The zero-order valence-corrected chi connectivity index (χ0v) is 28.8. The second kappa shape index (κ2) is 15.0. The molecule has 0 amide bonds. The maximum absolute atomic E-state index is 6.14. The van der Waals surface area contributed by atoms with Crippen molar-refractivity contribution in [2.24, 2.45) is 0 Å². The summed E-state index contributed by atoms with van der Waals surface area (Å²) in [5.41, 5.74) is 12.2. The molecule has 50 heavy (non-hydrogen) atoms. The molecule has 8 rings (SSSR count). The molecule has 0 aromatic heterocycles. The molecule has 0 aliphatic carbocycles. The van der Waals surface area contributed by atoms with Crippen LogP contribution >= 0.6 is 0 Å². The highest BCUT2D eigenvalue weighted by atomic mass is 16.5. The molecule has 0 unspecified atom stereocenters. The fraction of sp³-hybridized carbons (Fsp3) is 0.106. The molecule has 3 heteroatoms. The van der Waals surface area contributed by atoms with E-state index in [2.05, 4.69) is 109 Å². The fourth-order valence-electron chi connectivity index (χ4n) is 6.16. The van der Waals surface area contributed by atoms with Gasteiger partial charge >= 0.3 is 0 Å². The Morgan fingerprint density at radius 2 is 0.800 bits per heavy atom. The van der Waals surface area contributed by atoms with Gasteiger partial charge in [-0.05, 0) is 116 Å². The van der Waals surface area contributed by atoms with Gasteiger partial charge in [-0.25, -0.2) is 0 Å². The molecule has 0 bridgehead atoms. The van der Waals surface area contributed by atoms with Gasteiger partial charge in [-0.2, -0.15) is 0 Å². The molecule has 1 aliphatic rings. The number of ether oxygens (including phenoxy) is 2. The number of benzene rings is 7. The van der Waals surface area contributed by atoms with E-state index in [1.807, 2.05) is 86.6 Å². The van der Waals surface area contributed by atoms with E-state index < -0.39 is 0 Å². The Bertz CT molecular complexity index is 2100. The molecule has 7 aromatic rings. The molecule has 7 aromatic carbocycles. The van der Waals surface area contributed by atoms with Gasteiger partial charge in [0.25, 0.3) is 0 Å². The van der Waals surface area contributed by atoms with Gasteiger partial charge in [-0.3, -0.25) is 0 Å². The van der Waals surface area contributed by atoms with E-state index in [0.29, 0.717) is 0 Å². The quantitative estimate of drug-likeness (QED) is 0.171. The molecule has 0 saturated carbocycles. The van der Waals surface area contributed by atoms with Crippen molar-refractivity contribution in [3.63, 3.8) is 0 Å². The van der Waals surface area contributed by atoms with Gasteiger partial charge in [0, 0.05) is 5.69 Å². The van der Waals surface area contributed by atoms with Crippen molar-refractivity contribution < 1.29 is 9.47 Å². The van der Waals surface area contributed by atoms with Gasteiger partial charge in [0.1, 0.15) is 11.5 Å². The maximum atomic E-state index is 6.14. The van der Waals surface area contributed by atoms with Crippen LogP contribution in [0.3, 0.4) is 0 Å². The highest BCUT2D eigenvalue weighted by Gasteiger charge is 2.25. The summed E-state index contributed by atoms with van der Waals surface area (Å²) in [5.74, 6) is 3.60. The molecule has 0 atom stereocenters. The largest absolute Gasteiger partial charge is 0.457 e. The number of rotatable bonds is 7. The van der Waals surface area contributed by atoms with E-state index in [-0.39, 0.29) is 0 Å². The summed E-state index contributed by atoms with van der Waals surface area (Å²) in [6.07, 6.45) is 1.89. The van der Waals surface area contributed by atoms with Crippen LogP contribution in [0.4, 0.5) is 17.1 Å². The zero-order chi connectivity index (χ0) is 34.3. The number of anilines is 3. The van der Waals surface area contributed by atoms with Crippen LogP contribution in [0.2, 0.25) is 0 Å². The van der Waals surface area contributed by atoms with Crippen molar-refractivity contribution in [3.05, 3.63) is 209 Å². The van der Waals surface area contributed by atoms with Crippen molar-refractivity contribution >= 4 is 17.1 Å². The highest BCUT2D eigenvalue weighted by molar-refractivity contribution is 5.86. The predicted octanol–water partition coefficient (Wildman–Crippen LogP) is 12.8. The van der Waals surface area contributed by atoms with Gasteiger partial charge in [0.15, 0.2) is 11.5 Å². The Labute approximate surface area is 296 Å². The molecular formula is C47H41NO2. The first kappa shape index (κ1) is 32.5. The normalized spacial score (nSPS) is 11.4. The first-order valence-electron chi connectivity index (χ1n) is 17.2. The van der Waals surface area contributed by atoms with E-state index in [1.165, 1.54) is 27.8 Å². The van der Waals surface area contributed by atoms with Gasteiger partial charge in [0.05, 0.1) is 11.4 Å². The Hall–Kier alpha value is -6.06. The molecule has 0 spiro atoms. The van der Waals surface area contributed by atoms with E-state index in [4.69, 9.17) is 9.47 Å². The van der Waals surface area contributed by atoms with Gasteiger partial charge in [-0.1, -0.05) is 127 Å². The number of para-hydroxylation sites is 6. The summed E-state index contributed by atoms with van der Waals surface area (Å²) in [5, 5.41) is 0. The van der Waals surface area contributed by atoms with E-state index in [9.17, 15) is 0 Å². The van der Waals surface area contributed by atoms with Crippen LogP contribution < -0.4 is 14.4 Å². The minimum Gasteiger partial charge on any atom is -0.457 e. The molecule has 0 saturated heterocycles. The smallest absolute Gasteiger partial charge is 0.151 e. The molecule has 0 fully saturated rings. The van der Waals surface area contributed by atoms with Gasteiger partial charge in [-0.15, -0.1) is 0 Å². The monoisotopic (exact) mass is 651 g/mol. The van der Waals surface area contributed by atoms with Crippen molar-refractivity contribution in [1.82, 2.24) is 0 Å². The summed E-state index contributed by atoms with van der Waals surface area (Å²) in [4.78, 5) is 2.28. The minimum absolute atomic E-state index is 0.876. The van der Waals surface area contributed by atoms with Crippen LogP contribution in [0.5, 0.6) is 23.0 Å². The molecule has 1 aliphatic heterocycles. The van der Waals surface area contributed by atoms with Crippen molar-refractivity contribution in [2.75, 3.05) is 4.90 Å². The van der Waals surface area contributed by atoms with Crippen LogP contribution in [0.1, 0.15) is 38.9 Å². The molecule has 1 heterocycles. The number of fused-ring (bicyclic) bond motifs is 2. The summed E-state index contributed by atoms with van der Waals surface area (Å²) in [6, 6.07) is 59.2. The van der Waals surface area contributed by atoms with Gasteiger partial charge in [0.2, 0.25) is 0 Å². The van der Waals surface area contributed by atoms with Crippen LogP contribution in [-0.2, 0) is 12.8 Å². The van der Waals surface area contributed by atoms with E-state index >= 15 is 0 Å². The SMILES string of the molecule is Cc1ccc(Cc2ccc(Cc3ccc(N4c5ccccc5Oc5ccccc54)cc3)cc2)cc1.Cc1ccccc1Oc1ccccc1C. The average Bonchev–Trinajstić information content (AvgIpc) is 3.15. The molecule has 0 N–H and O–H groups in total. The van der Waals surface area contributed by atoms with E-state index in [0.717, 1.165) is 64.0 Å². The van der Waals surface area contributed by atoms with Crippen molar-refractivity contribution in [3.8, 4) is 23.0 Å². The lowest BCUT2D eigenvalue weighted by molar-refractivity contribution is 0.475. The van der Waals surface area contributed by atoms with Crippen molar-refractivity contribution in [1.29, 1.82) is 0 Å². The number of hydrogen-bond acceptors (Lipinski definition) is 3. The Morgan fingerprint density at radius 3 is 1.26 bits per heavy atom. The fourth-order valence-corrected chi connectivity index (χ4v) is 6.16. The third-order valence-corrected chi connectivity index (χ3v) is 8.99. The van der Waals surface area contributed by atoms with Crippen LogP contribution in [-0.4, -0.2) is 0 Å². The van der Waals surface area contributed by atoms with Crippen LogP contribution in [0.25, 0.3) is 0 Å². The summed E-state index contributed by atoms with van der Waals surface area (Å²) >= 11 is 0. The summed E-state index contributed by atoms with van der Waals surface area (Å²) in [6.45, 7) is 6.23. The van der Waals surface area contributed by atoms with Crippen LogP contribution in [0.15, 0.2) is 170 Å². The Balaban J connectivity index is 0.000000219. The summed E-state index contributed by atoms with van der Waals surface area (Å²) < 4.78 is 12.0. The molecular weight excluding hydrogens is 611 g/mol. The van der Waals surface area contributed by atoms with Gasteiger partial charge < -0.3 is 14.4 Å². The lowest BCUT2D eigenvalue weighted by atomic mass is 9.99. The number of nitrogens with zero attached hydrogens (tertiary/aromatic N) is 1. The first-order chi connectivity index (χ1) is 24.5. The third-order valence-electron chi connectivity index (χ3n) is 8.99. The lowest BCUT2D eigenvalue weighted by Crippen LogP contribution is -2.15.